The van der Waals surface area contributed by atoms with Crippen LogP contribution in [0.4, 0.5) is 0 Å². The van der Waals surface area contributed by atoms with Crippen LogP contribution in [-0.2, 0) is 13.0 Å². The molecule has 0 unspecified atom stereocenters. The maximum absolute atomic E-state index is 2.37. The van der Waals surface area contributed by atoms with Gasteiger partial charge in [0.05, 0.1) is 32.6 Å². The Morgan fingerprint density at radius 1 is 0.633 bits per heavy atom. The normalized spacial score (nSPS) is 11.1. The first-order valence-corrected chi connectivity index (χ1v) is 12.5. The summed E-state index contributed by atoms with van der Waals surface area (Å²) in [6, 6.07) is 4.69. The average Bonchev–Trinajstić information content (AvgIpc) is 2.74. The van der Waals surface area contributed by atoms with Gasteiger partial charge in [0, 0.05) is 12.1 Å². The molecule has 0 aliphatic rings. The Hall–Kier alpha value is 0.0700. The van der Waals surface area contributed by atoms with Crippen LogP contribution < -0.4 is 38.5 Å². The van der Waals surface area contributed by atoms with Crippen LogP contribution in [0.3, 0.4) is 0 Å². The Morgan fingerprint density at radius 2 is 1.10 bits per heavy atom. The summed E-state index contributed by atoms with van der Waals surface area (Å²) >= 11 is 0. The summed E-state index contributed by atoms with van der Waals surface area (Å²) in [6.07, 6.45) is 21.3. The average molecular weight is 551 g/mol. The minimum atomic E-state index is 0. The number of pyridine rings is 1. The highest BCUT2D eigenvalue weighted by atomic mass is 79.9. The maximum atomic E-state index is 2.37. The van der Waals surface area contributed by atoms with Crippen LogP contribution in [0.5, 0.6) is 0 Å². The van der Waals surface area contributed by atoms with Gasteiger partial charge in [0.2, 0.25) is 0 Å². The van der Waals surface area contributed by atoms with E-state index in [9.17, 15) is 0 Å². The quantitative estimate of drug-likeness (QED) is 0.144. The van der Waals surface area contributed by atoms with Gasteiger partial charge in [-0.1, -0.05) is 64.7 Å². The lowest BCUT2D eigenvalue weighted by Gasteiger charge is -2.35. The van der Waals surface area contributed by atoms with Gasteiger partial charge in [-0.25, -0.2) is 4.57 Å². The van der Waals surface area contributed by atoms with Crippen LogP contribution in [-0.4, -0.2) is 30.7 Å². The molecule has 2 nitrogen and oxygen atoms in total. The van der Waals surface area contributed by atoms with E-state index < -0.39 is 0 Å². The van der Waals surface area contributed by atoms with E-state index in [0.717, 1.165) is 6.54 Å². The third-order valence-corrected chi connectivity index (χ3v) is 6.84. The molecule has 0 fully saturated rings. The smallest absolute Gasteiger partial charge is 0.169 e. The van der Waals surface area contributed by atoms with E-state index in [1.54, 1.807) is 0 Å². The van der Waals surface area contributed by atoms with Gasteiger partial charge in [-0.15, -0.1) is 0 Å². The largest absolute Gasteiger partial charge is 1.00 e. The van der Waals surface area contributed by atoms with Crippen LogP contribution >= 0.6 is 0 Å². The van der Waals surface area contributed by atoms with Crippen LogP contribution in [0.15, 0.2) is 24.5 Å². The van der Waals surface area contributed by atoms with Gasteiger partial charge in [-0.3, -0.25) is 0 Å². The van der Waals surface area contributed by atoms with Crippen molar-refractivity contribution in [3.63, 3.8) is 0 Å². The molecule has 1 aromatic heterocycles. The maximum Gasteiger partial charge on any atom is 0.169 e. The van der Waals surface area contributed by atoms with Gasteiger partial charge in [-0.05, 0) is 39.2 Å². The number of aromatic nitrogens is 1. The summed E-state index contributed by atoms with van der Waals surface area (Å²) in [4.78, 5) is 0. The summed E-state index contributed by atoms with van der Waals surface area (Å²) in [5.74, 6) is 0. The van der Waals surface area contributed by atoms with Crippen molar-refractivity contribution in [3.05, 3.63) is 30.1 Å². The molecule has 0 aromatic carbocycles. The van der Waals surface area contributed by atoms with E-state index in [1.807, 2.05) is 0 Å². The zero-order valence-electron chi connectivity index (χ0n) is 20.5. The predicted molar refractivity (Wildman–Crippen MR) is 124 cm³/mol. The number of quaternary nitrogens is 1. The Morgan fingerprint density at radius 3 is 1.57 bits per heavy atom. The molecule has 0 radical (unpaired) electrons. The van der Waals surface area contributed by atoms with E-state index in [1.165, 1.54) is 113 Å². The van der Waals surface area contributed by atoms with Crippen LogP contribution in [0, 0.1) is 0 Å². The van der Waals surface area contributed by atoms with Gasteiger partial charge >= 0.3 is 0 Å². The second kappa shape index (κ2) is 20.9. The van der Waals surface area contributed by atoms with E-state index in [-0.39, 0.29) is 34.0 Å². The molecule has 1 heterocycles. The van der Waals surface area contributed by atoms with Crippen LogP contribution in [0.2, 0.25) is 0 Å². The first-order valence-electron chi connectivity index (χ1n) is 12.5. The standard InChI is InChI=1S/C26H50N2.2BrH/c1-5-9-10-11-12-13-14-15-16-17-19-26-20-23-27(24-21-26)22-18-25-28(6-2,7-3)8-4;;/h20-21,23-24H,5-19,22,25H2,1-4H3;2*1H/q+2;;/p-2. The fourth-order valence-corrected chi connectivity index (χ4v) is 4.35. The molecular formula is C26H50Br2N2. The summed E-state index contributed by atoms with van der Waals surface area (Å²) in [6.45, 7) is 15.5. The third kappa shape index (κ3) is 14.2. The van der Waals surface area contributed by atoms with Crippen molar-refractivity contribution in [2.24, 2.45) is 0 Å². The number of aryl methyl sites for hydroxylation is 2. The third-order valence-electron chi connectivity index (χ3n) is 6.84. The summed E-state index contributed by atoms with van der Waals surface area (Å²) in [5.41, 5.74) is 1.51. The molecule has 0 spiro atoms. The molecule has 0 atom stereocenters. The van der Waals surface area contributed by atoms with Gasteiger partial charge in [-0.2, -0.15) is 0 Å². The number of nitrogens with zero attached hydrogens (tertiary/aromatic N) is 2. The van der Waals surface area contributed by atoms with Crippen molar-refractivity contribution >= 4 is 0 Å². The second-order valence-electron chi connectivity index (χ2n) is 8.74. The highest BCUT2D eigenvalue weighted by molar-refractivity contribution is 5.07. The monoisotopic (exact) mass is 548 g/mol. The minimum absolute atomic E-state index is 0. The molecule has 0 aliphatic heterocycles. The van der Waals surface area contributed by atoms with Crippen molar-refractivity contribution in [1.82, 2.24) is 0 Å². The lowest BCUT2D eigenvalue weighted by Crippen LogP contribution is -3.00. The SMILES string of the molecule is CCCCCCCCCCCCc1cc[n+](CCC[N+](CC)(CC)CC)cc1.[Br-].[Br-]. The zero-order chi connectivity index (χ0) is 20.5. The molecule has 0 bridgehead atoms. The minimum Gasteiger partial charge on any atom is -1.00 e. The summed E-state index contributed by atoms with van der Waals surface area (Å²) in [5, 5.41) is 0. The topological polar surface area (TPSA) is 3.88 Å². The van der Waals surface area contributed by atoms with Gasteiger partial charge in [0.25, 0.3) is 0 Å². The Balaban J connectivity index is 0. The molecule has 4 heteroatoms. The fraction of sp³-hybridized carbons (Fsp3) is 0.808. The van der Waals surface area contributed by atoms with E-state index >= 15 is 0 Å². The summed E-state index contributed by atoms with van der Waals surface area (Å²) < 4.78 is 3.63. The number of hydrogen-bond acceptors (Lipinski definition) is 0. The molecule has 178 valence electrons. The zero-order valence-corrected chi connectivity index (χ0v) is 23.7. The molecule has 30 heavy (non-hydrogen) atoms. The Kier molecular flexibility index (Phi) is 22.5. The number of unbranched alkanes of at least 4 members (excludes halogenated alkanes) is 9. The molecule has 0 aliphatic carbocycles. The number of hydrogen-bond donors (Lipinski definition) is 0. The Labute approximate surface area is 210 Å². The van der Waals surface area contributed by atoms with Crippen LogP contribution in [0.1, 0.15) is 104 Å². The fourth-order valence-electron chi connectivity index (χ4n) is 4.35. The van der Waals surface area contributed by atoms with Gasteiger partial charge in [0.1, 0.15) is 0 Å². The molecule has 0 saturated carbocycles. The van der Waals surface area contributed by atoms with E-state index in [4.69, 9.17) is 0 Å². The van der Waals surface area contributed by atoms with Gasteiger partial charge < -0.3 is 38.4 Å². The Bertz CT molecular complexity index is 464. The lowest BCUT2D eigenvalue weighted by atomic mass is 10.0. The van der Waals surface area contributed by atoms with Crippen molar-refractivity contribution in [2.45, 2.75) is 111 Å². The molecule has 1 rings (SSSR count). The first kappa shape index (κ1) is 32.3. The molecule has 0 N–H and O–H groups in total. The summed E-state index contributed by atoms with van der Waals surface area (Å²) in [7, 11) is 0. The first-order chi connectivity index (χ1) is 13.7. The van der Waals surface area contributed by atoms with Gasteiger partial charge in [0.15, 0.2) is 18.9 Å². The molecule has 1 aromatic rings. The molecule has 0 saturated heterocycles. The highest BCUT2D eigenvalue weighted by Gasteiger charge is 2.20. The van der Waals surface area contributed by atoms with Crippen molar-refractivity contribution in [3.8, 4) is 0 Å². The molecular weight excluding hydrogens is 500 g/mol. The lowest BCUT2D eigenvalue weighted by molar-refractivity contribution is -0.925. The number of halogens is 2. The van der Waals surface area contributed by atoms with Crippen molar-refractivity contribution in [1.29, 1.82) is 0 Å². The van der Waals surface area contributed by atoms with Crippen LogP contribution in [0.25, 0.3) is 0 Å². The molecule has 0 amide bonds. The number of rotatable bonds is 18. The van der Waals surface area contributed by atoms with Crippen molar-refractivity contribution < 1.29 is 43.0 Å². The van der Waals surface area contributed by atoms with E-state index in [0.29, 0.717) is 0 Å². The second-order valence-corrected chi connectivity index (χ2v) is 8.74. The highest BCUT2D eigenvalue weighted by Crippen LogP contribution is 2.12. The predicted octanol–water partition coefficient (Wildman–Crippen LogP) is 0.712. The van der Waals surface area contributed by atoms with Crippen molar-refractivity contribution in [2.75, 3.05) is 26.2 Å². The van der Waals surface area contributed by atoms with E-state index in [2.05, 4.69) is 56.8 Å².